The van der Waals surface area contributed by atoms with E-state index in [1.54, 1.807) is 21.3 Å². The van der Waals surface area contributed by atoms with E-state index in [0.717, 1.165) is 73.8 Å². The van der Waals surface area contributed by atoms with Crippen molar-refractivity contribution < 1.29 is 14.2 Å². The lowest BCUT2D eigenvalue weighted by Crippen LogP contribution is -2.26. The second-order valence-electron chi connectivity index (χ2n) is 10.9. The molecule has 0 unspecified atom stereocenters. The fourth-order valence-electron chi connectivity index (χ4n) is 5.24. The molecule has 6 rings (SSSR count). The maximum absolute atomic E-state index is 5.43. The van der Waals surface area contributed by atoms with Crippen LogP contribution < -0.4 is 14.2 Å². The number of aromatic nitrogens is 4. The summed E-state index contributed by atoms with van der Waals surface area (Å²) >= 11 is 0. The highest BCUT2D eigenvalue weighted by Gasteiger charge is 2.26. The Hall–Kier alpha value is -4.91. The van der Waals surface area contributed by atoms with E-state index in [2.05, 4.69) is 49.6 Å². The van der Waals surface area contributed by atoms with Gasteiger partial charge in [0, 0.05) is 27.6 Å². The average Bonchev–Trinajstić information content (AvgIpc) is 3.42. The summed E-state index contributed by atoms with van der Waals surface area (Å²) in [6.07, 6.45) is 0.928. The molecule has 0 bridgehead atoms. The van der Waals surface area contributed by atoms with Gasteiger partial charge in [0.1, 0.15) is 23.1 Å². The number of ether oxygens (including phenoxy) is 3. The third-order valence-corrected chi connectivity index (χ3v) is 8.00. The van der Waals surface area contributed by atoms with Gasteiger partial charge in [-0.3, -0.25) is 0 Å². The zero-order valence-corrected chi connectivity index (χ0v) is 24.8. The molecule has 0 atom stereocenters. The van der Waals surface area contributed by atoms with Crippen molar-refractivity contribution in [1.29, 1.82) is 0 Å². The first-order chi connectivity index (χ1) is 20.3. The molecule has 2 heterocycles. The summed E-state index contributed by atoms with van der Waals surface area (Å²) in [5.41, 5.74) is 6.32. The number of benzene rings is 4. The van der Waals surface area contributed by atoms with Crippen LogP contribution in [0.5, 0.6) is 17.2 Å². The van der Waals surface area contributed by atoms with E-state index in [4.69, 9.17) is 29.2 Å². The molecule has 0 spiro atoms. The lowest BCUT2D eigenvalue weighted by atomic mass is 9.99. The number of imidazole rings is 1. The van der Waals surface area contributed by atoms with Crippen LogP contribution in [0.3, 0.4) is 0 Å². The van der Waals surface area contributed by atoms with Crippen molar-refractivity contribution in [1.82, 2.24) is 19.5 Å². The van der Waals surface area contributed by atoms with E-state index in [1.807, 2.05) is 60.7 Å². The molecule has 0 aliphatic heterocycles. The number of hydrogen-bond donors (Lipinski definition) is 0. The van der Waals surface area contributed by atoms with Crippen molar-refractivity contribution >= 4 is 21.9 Å². The molecule has 0 aliphatic rings. The van der Waals surface area contributed by atoms with Gasteiger partial charge < -0.3 is 18.8 Å². The molecule has 6 aromatic rings. The first-order valence-corrected chi connectivity index (χ1v) is 14.0. The molecule has 0 radical (unpaired) electrons. The molecule has 0 saturated heterocycles. The second-order valence-corrected chi connectivity index (χ2v) is 10.9. The van der Waals surface area contributed by atoms with Crippen LogP contribution in [0.2, 0.25) is 0 Å². The van der Waals surface area contributed by atoms with E-state index in [0.29, 0.717) is 5.82 Å². The van der Waals surface area contributed by atoms with Crippen LogP contribution in [0.4, 0.5) is 0 Å². The lowest BCUT2D eigenvalue weighted by molar-refractivity contribution is 0.356. The van der Waals surface area contributed by atoms with Crippen molar-refractivity contribution in [3.05, 3.63) is 84.9 Å². The quantitative estimate of drug-likeness (QED) is 0.188. The summed E-state index contributed by atoms with van der Waals surface area (Å²) in [4.78, 5) is 15.3. The van der Waals surface area contributed by atoms with E-state index in [1.165, 1.54) is 0 Å². The summed E-state index contributed by atoms with van der Waals surface area (Å²) in [5, 5.41) is 0.958. The summed E-state index contributed by atoms with van der Waals surface area (Å²) in [5.74, 6) is 3.93. The molecule has 0 amide bonds. The van der Waals surface area contributed by atoms with Crippen molar-refractivity contribution in [2.24, 2.45) is 0 Å². The number of methoxy groups -OCH3 is 3. The van der Waals surface area contributed by atoms with Crippen molar-refractivity contribution in [2.45, 2.75) is 32.7 Å². The minimum Gasteiger partial charge on any atom is -0.497 e. The van der Waals surface area contributed by atoms with Crippen molar-refractivity contribution in [2.75, 3.05) is 21.3 Å². The molecule has 4 aromatic carbocycles. The molecular formula is C35H34N4O3. The van der Waals surface area contributed by atoms with Crippen LogP contribution in [0.25, 0.3) is 56.0 Å². The average molecular weight is 559 g/mol. The fourth-order valence-corrected chi connectivity index (χ4v) is 5.24. The van der Waals surface area contributed by atoms with Gasteiger partial charge in [-0.2, -0.15) is 0 Å². The van der Waals surface area contributed by atoms with E-state index in [9.17, 15) is 0 Å². The number of rotatable bonds is 8. The van der Waals surface area contributed by atoms with Crippen LogP contribution in [0.1, 0.15) is 27.2 Å². The third-order valence-electron chi connectivity index (χ3n) is 8.00. The normalized spacial score (nSPS) is 11.7. The SMILES string of the molecule is CCC(C)(C)n1c(-c2ccc(OC)cc2)nc2cc3nc(-c4ccc(OC)cc4)nc(-c4ccc(OC)cc4)c3cc21. The first-order valence-electron chi connectivity index (χ1n) is 14.0. The predicted octanol–water partition coefficient (Wildman–Crippen LogP) is 8.15. The Bertz CT molecular complexity index is 1870. The van der Waals surface area contributed by atoms with Crippen LogP contribution in [0, 0.1) is 0 Å². The maximum atomic E-state index is 5.43. The van der Waals surface area contributed by atoms with Crippen molar-refractivity contribution in [3.63, 3.8) is 0 Å². The topological polar surface area (TPSA) is 71.3 Å². The number of fused-ring (bicyclic) bond motifs is 2. The summed E-state index contributed by atoms with van der Waals surface area (Å²) in [6.45, 7) is 6.70. The minimum atomic E-state index is -0.193. The summed E-state index contributed by atoms with van der Waals surface area (Å²) < 4.78 is 18.5. The highest BCUT2D eigenvalue weighted by Crippen LogP contribution is 2.38. The van der Waals surface area contributed by atoms with Gasteiger partial charge in [-0.25, -0.2) is 15.0 Å². The fraction of sp³-hybridized carbons (Fsp3) is 0.229. The zero-order chi connectivity index (χ0) is 29.4. The van der Waals surface area contributed by atoms with Gasteiger partial charge in [0.25, 0.3) is 0 Å². The summed E-state index contributed by atoms with van der Waals surface area (Å²) in [6, 6.07) is 28.2. The van der Waals surface area contributed by atoms with Gasteiger partial charge in [0.05, 0.1) is 43.6 Å². The Morgan fingerprint density at radius 3 is 1.67 bits per heavy atom. The van der Waals surface area contributed by atoms with Gasteiger partial charge in [0.15, 0.2) is 5.82 Å². The van der Waals surface area contributed by atoms with E-state index >= 15 is 0 Å². The molecule has 0 aliphatic carbocycles. The second kappa shape index (κ2) is 10.8. The predicted molar refractivity (Wildman–Crippen MR) is 168 cm³/mol. The Morgan fingerprint density at radius 2 is 1.14 bits per heavy atom. The highest BCUT2D eigenvalue weighted by atomic mass is 16.5. The molecule has 0 fully saturated rings. The molecule has 42 heavy (non-hydrogen) atoms. The Kier molecular flexibility index (Phi) is 7.02. The van der Waals surface area contributed by atoms with Crippen molar-refractivity contribution in [3.8, 4) is 51.3 Å². The molecule has 0 N–H and O–H groups in total. The number of nitrogens with zero attached hydrogens (tertiary/aromatic N) is 4. The van der Waals surface area contributed by atoms with Crippen LogP contribution in [-0.2, 0) is 5.54 Å². The zero-order valence-electron chi connectivity index (χ0n) is 24.8. The smallest absolute Gasteiger partial charge is 0.160 e. The van der Waals surface area contributed by atoms with Gasteiger partial charge in [-0.1, -0.05) is 6.92 Å². The molecule has 7 nitrogen and oxygen atoms in total. The van der Waals surface area contributed by atoms with Gasteiger partial charge in [-0.15, -0.1) is 0 Å². The van der Waals surface area contributed by atoms with Crippen LogP contribution >= 0.6 is 0 Å². The standard InChI is InChI=1S/C35H34N4O3/c1-7-35(2,3)39-31-20-28-29(21-30(31)37-34(39)24-12-18-27(42-6)19-13-24)36-33(23-10-16-26(41-5)17-11-23)38-32(28)22-8-14-25(40-4)15-9-22/h8-21H,7H2,1-6H3. The summed E-state index contributed by atoms with van der Waals surface area (Å²) in [7, 11) is 5.01. The lowest BCUT2D eigenvalue weighted by Gasteiger charge is -2.28. The first kappa shape index (κ1) is 27.3. The molecule has 0 saturated carbocycles. The Labute approximate surface area is 245 Å². The maximum Gasteiger partial charge on any atom is 0.160 e. The van der Waals surface area contributed by atoms with Crippen LogP contribution in [0.15, 0.2) is 84.9 Å². The third kappa shape index (κ3) is 4.81. The van der Waals surface area contributed by atoms with E-state index in [-0.39, 0.29) is 5.54 Å². The minimum absolute atomic E-state index is 0.193. The largest absolute Gasteiger partial charge is 0.497 e. The monoisotopic (exact) mass is 558 g/mol. The molecule has 2 aromatic heterocycles. The molecular weight excluding hydrogens is 524 g/mol. The Morgan fingerprint density at radius 1 is 0.619 bits per heavy atom. The van der Waals surface area contributed by atoms with Gasteiger partial charge in [0.2, 0.25) is 0 Å². The molecule has 212 valence electrons. The Balaban J connectivity index is 1.64. The number of hydrogen-bond acceptors (Lipinski definition) is 6. The van der Waals surface area contributed by atoms with Crippen LogP contribution in [-0.4, -0.2) is 40.8 Å². The highest BCUT2D eigenvalue weighted by molar-refractivity contribution is 6.02. The van der Waals surface area contributed by atoms with Gasteiger partial charge in [-0.05, 0) is 105 Å². The molecule has 7 heteroatoms. The van der Waals surface area contributed by atoms with Gasteiger partial charge >= 0.3 is 0 Å². The van der Waals surface area contributed by atoms with E-state index < -0.39 is 0 Å².